The fourth-order valence-corrected chi connectivity index (χ4v) is 2.16. The minimum absolute atomic E-state index is 0.143. The number of rotatable bonds is 7. The molecule has 0 atom stereocenters. The monoisotopic (exact) mass is 334 g/mol. The van der Waals surface area contributed by atoms with Crippen LogP contribution in [0.3, 0.4) is 0 Å². The Bertz CT molecular complexity index is 783. The molecule has 126 valence electrons. The van der Waals surface area contributed by atoms with Crippen LogP contribution >= 0.6 is 0 Å². The number of hydrogen-bond acceptors (Lipinski definition) is 4. The highest BCUT2D eigenvalue weighted by molar-refractivity contribution is 5.74. The number of carbonyl (C=O) groups is 1. The van der Waals surface area contributed by atoms with Crippen molar-refractivity contribution >= 4 is 5.97 Å². The Labute approximate surface area is 146 Å². The summed E-state index contributed by atoms with van der Waals surface area (Å²) in [4.78, 5) is 11.8. The summed E-state index contributed by atoms with van der Waals surface area (Å²) < 4.78 is 16.3. The third-order valence-corrected chi connectivity index (χ3v) is 3.40. The molecule has 3 aromatic carbocycles. The molecule has 0 aliphatic rings. The van der Waals surface area contributed by atoms with Crippen molar-refractivity contribution in [2.24, 2.45) is 0 Å². The van der Waals surface area contributed by atoms with Gasteiger partial charge in [0.2, 0.25) is 0 Å². The van der Waals surface area contributed by atoms with Crippen molar-refractivity contribution in [3.05, 3.63) is 90.5 Å². The van der Waals surface area contributed by atoms with Crippen molar-refractivity contribution in [3.8, 4) is 17.2 Å². The molecule has 0 spiro atoms. The predicted molar refractivity (Wildman–Crippen MR) is 94.8 cm³/mol. The molecule has 4 nitrogen and oxygen atoms in total. The zero-order valence-corrected chi connectivity index (χ0v) is 13.6. The summed E-state index contributed by atoms with van der Waals surface area (Å²) in [5.41, 5.74) is 1.09. The van der Waals surface area contributed by atoms with Gasteiger partial charge in [-0.2, -0.15) is 0 Å². The third-order valence-electron chi connectivity index (χ3n) is 3.40. The van der Waals surface area contributed by atoms with Crippen molar-refractivity contribution in [2.75, 3.05) is 6.61 Å². The molecular formula is C21H18O4. The number of ether oxygens (including phenoxy) is 3. The van der Waals surface area contributed by atoms with Gasteiger partial charge in [0.05, 0.1) is 0 Å². The van der Waals surface area contributed by atoms with E-state index in [-0.39, 0.29) is 6.61 Å². The second kappa shape index (κ2) is 8.55. The van der Waals surface area contributed by atoms with Crippen LogP contribution in [0.5, 0.6) is 17.2 Å². The summed E-state index contributed by atoms with van der Waals surface area (Å²) in [5.74, 6) is 1.34. The molecular weight excluding hydrogens is 316 g/mol. The van der Waals surface area contributed by atoms with E-state index in [0.29, 0.717) is 23.9 Å². The molecule has 0 unspecified atom stereocenters. The first-order chi connectivity index (χ1) is 12.3. The summed E-state index contributed by atoms with van der Waals surface area (Å²) in [6.45, 7) is 0.348. The van der Waals surface area contributed by atoms with E-state index in [0.717, 1.165) is 5.56 Å². The SMILES string of the molecule is O=C(COc1ccccc1)Oc1ccc(OCc2ccccc2)cc1. The van der Waals surface area contributed by atoms with Gasteiger partial charge in [-0.1, -0.05) is 48.5 Å². The van der Waals surface area contributed by atoms with Crippen LogP contribution < -0.4 is 14.2 Å². The van der Waals surface area contributed by atoms with E-state index in [4.69, 9.17) is 14.2 Å². The average Bonchev–Trinajstić information content (AvgIpc) is 2.67. The zero-order chi connectivity index (χ0) is 17.3. The van der Waals surface area contributed by atoms with Crippen molar-refractivity contribution in [2.45, 2.75) is 6.61 Å². The van der Waals surface area contributed by atoms with Crippen LogP contribution in [-0.4, -0.2) is 12.6 Å². The molecule has 0 bridgehead atoms. The molecule has 0 saturated heterocycles. The first kappa shape index (κ1) is 16.6. The second-order valence-electron chi connectivity index (χ2n) is 5.32. The Kier molecular flexibility index (Phi) is 5.67. The quantitative estimate of drug-likeness (QED) is 0.479. The van der Waals surface area contributed by atoms with Crippen molar-refractivity contribution < 1.29 is 19.0 Å². The molecule has 0 aliphatic carbocycles. The van der Waals surface area contributed by atoms with E-state index in [2.05, 4.69) is 0 Å². The Balaban J connectivity index is 1.46. The average molecular weight is 334 g/mol. The lowest BCUT2D eigenvalue weighted by molar-refractivity contribution is -0.136. The van der Waals surface area contributed by atoms with Gasteiger partial charge in [0.15, 0.2) is 6.61 Å². The van der Waals surface area contributed by atoms with Gasteiger partial charge in [0.25, 0.3) is 0 Å². The first-order valence-corrected chi connectivity index (χ1v) is 7.95. The highest BCUT2D eigenvalue weighted by Gasteiger charge is 2.06. The summed E-state index contributed by atoms with van der Waals surface area (Å²) in [7, 11) is 0. The number of benzene rings is 3. The Morgan fingerprint density at radius 1 is 0.640 bits per heavy atom. The van der Waals surface area contributed by atoms with E-state index < -0.39 is 5.97 Å². The number of hydrogen-bond donors (Lipinski definition) is 0. The Morgan fingerprint density at radius 3 is 1.88 bits per heavy atom. The Morgan fingerprint density at radius 2 is 1.20 bits per heavy atom. The van der Waals surface area contributed by atoms with Gasteiger partial charge in [-0.3, -0.25) is 0 Å². The molecule has 0 saturated carbocycles. The van der Waals surface area contributed by atoms with Gasteiger partial charge in [0.1, 0.15) is 23.9 Å². The number of carbonyl (C=O) groups excluding carboxylic acids is 1. The highest BCUT2D eigenvalue weighted by atomic mass is 16.6. The minimum Gasteiger partial charge on any atom is -0.489 e. The molecule has 4 heteroatoms. The second-order valence-corrected chi connectivity index (χ2v) is 5.32. The largest absolute Gasteiger partial charge is 0.489 e. The summed E-state index contributed by atoms with van der Waals surface area (Å²) >= 11 is 0. The topological polar surface area (TPSA) is 44.8 Å². The maximum absolute atomic E-state index is 11.8. The van der Waals surface area contributed by atoms with Gasteiger partial charge < -0.3 is 14.2 Å². The molecule has 0 aromatic heterocycles. The lowest BCUT2D eigenvalue weighted by Gasteiger charge is -2.08. The maximum Gasteiger partial charge on any atom is 0.349 e. The summed E-state index contributed by atoms with van der Waals surface area (Å²) in [6, 6.07) is 26.0. The smallest absolute Gasteiger partial charge is 0.349 e. The molecule has 0 amide bonds. The van der Waals surface area contributed by atoms with Crippen LogP contribution in [-0.2, 0) is 11.4 Å². The van der Waals surface area contributed by atoms with Gasteiger partial charge >= 0.3 is 5.97 Å². The van der Waals surface area contributed by atoms with Crippen molar-refractivity contribution in [3.63, 3.8) is 0 Å². The third kappa shape index (κ3) is 5.39. The molecule has 0 N–H and O–H groups in total. The molecule has 3 aromatic rings. The molecule has 3 rings (SSSR count). The lowest BCUT2D eigenvalue weighted by atomic mass is 10.2. The zero-order valence-electron chi connectivity index (χ0n) is 13.6. The molecule has 25 heavy (non-hydrogen) atoms. The van der Waals surface area contributed by atoms with Crippen LogP contribution in [0.15, 0.2) is 84.9 Å². The number of esters is 1. The highest BCUT2D eigenvalue weighted by Crippen LogP contribution is 2.19. The fourth-order valence-electron chi connectivity index (χ4n) is 2.16. The van der Waals surface area contributed by atoms with E-state index in [1.165, 1.54) is 0 Å². The van der Waals surface area contributed by atoms with E-state index in [9.17, 15) is 4.79 Å². The van der Waals surface area contributed by atoms with Crippen molar-refractivity contribution in [1.82, 2.24) is 0 Å². The van der Waals surface area contributed by atoms with Crippen LogP contribution in [0.25, 0.3) is 0 Å². The first-order valence-electron chi connectivity index (χ1n) is 7.95. The summed E-state index contributed by atoms with van der Waals surface area (Å²) in [6.07, 6.45) is 0. The standard InChI is InChI=1S/C21H18O4/c22-21(16-24-18-9-5-2-6-10-18)25-20-13-11-19(12-14-20)23-15-17-7-3-1-4-8-17/h1-14H,15-16H2. The maximum atomic E-state index is 11.8. The predicted octanol–water partition coefficient (Wildman–Crippen LogP) is 4.25. The van der Waals surface area contributed by atoms with Crippen LogP contribution in [0, 0.1) is 0 Å². The minimum atomic E-state index is -0.457. The van der Waals surface area contributed by atoms with Crippen molar-refractivity contribution in [1.29, 1.82) is 0 Å². The lowest BCUT2D eigenvalue weighted by Crippen LogP contribution is -2.17. The molecule has 0 heterocycles. The van der Waals surface area contributed by atoms with Crippen LogP contribution in [0.4, 0.5) is 0 Å². The van der Waals surface area contributed by atoms with Gasteiger partial charge in [0, 0.05) is 0 Å². The van der Waals surface area contributed by atoms with Gasteiger partial charge in [-0.25, -0.2) is 4.79 Å². The van der Waals surface area contributed by atoms with E-state index >= 15 is 0 Å². The molecule has 0 fully saturated rings. The Hall–Kier alpha value is -3.27. The number of para-hydroxylation sites is 1. The normalized spacial score (nSPS) is 10.1. The molecule has 0 aliphatic heterocycles. The van der Waals surface area contributed by atoms with Gasteiger partial charge in [-0.05, 0) is 42.0 Å². The molecule has 0 radical (unpaired) electrons. The van der Waals surface area contributed by atoms with Crippen LogP contribution in [0.2, 0.25) is 0 Å². The summed E-state index contributed by atoms with van der Waals surface area (Å²) in [5, 5.41) is 0. The van der Waals surface area contributed by atoms with Gasteiger partial charge in [-0.15, -0.1) is 0 Å². The fraction of sp³-hybridized carbons (Fsp3) is 0.0952. The van der Waals surface area contributed by atoms with E-state index in [1.54, 1.807) is 36.4 Å². The van der Waals surface area contributed by atoms with E-state index in [1.807, 2.05) is 48.5 Å². The van der Waals surface area contributed by atoms with Crippen LogP contribution in [0.1, 0.15) is 5.56 Å².